The van der Waals surface area contributed by atoms with Gasteiger partial charge in [-0.25, -0.2) is 0 Å². The third-order valence-corrected chi connectivity index (χ3v) is 13.7. The molecule has 0 saturated heterocycles. The van der Waals surface area contributed by atoms with Crippen LogP contribution in [0.15, 0.2) is 0 Å². The molecule has 0 atom stereocenters. The van der Waals surface area contributed by atoms with Gasteiger partial charge in [-0.1, -0.05) is 6.42 Å². The van der Waals surface area contributed by atoms with Crippen molar-refractivity contribution >= 4 is 5.78 Å². The monoisotopic (exact) mass is 1410 g/mol. The topological polar surface area (TPSA) is 288 Å². The first-order chi connectivity index (χ1) is 48.4. The molecule has 2 aliphatic rings. The number of ketones is 1. The van der Waals surface area contributed by atoms with Crippen molar-refractivity contribution < 1.29 is 137 Å². The maximum Gasteiger partial charge on any atom is 0.138 e. The Kier molecular flexibility index (Phi) is 77.2. The van der Waals surface area contributed by atoms with E-state index in [0.29, 0.717) is 376 Å². The Morgan fingerprint density at radius 1 is 0.196 bits per heavy atom. The highest BCUT2D eigenvalue weighted by Crippen LogP contribution is 2.28. The summed E-state index contributed by atoms with van der Waals surface area (Å²) in [7, 11) is 0. The molecule has 0 aromatic rings. The average molecular weight is 1410 g/mol. The van der Waals surface area contributed by atoms with Gasteiger partial charge in [0.25, 0.3) is 0 Å². The summed E-state index contributed by atoms with van der Waals surface area (Å²) >= 11 is 0. The molecular weight excluding hydrogens is 1280 g/mol. The first-order valence-electron chi connectivity index (χ1n) is 35.8. The van der Waals surface area contributed by atoms with Gasteiger partial charge in [0, 0.05) is 18.9 Å². The van der Waals surface area contributed by atoms with Crippen molar-refractivity contribution in [3.05, 3.63) is 0 Å². The Morgan fingerprint density at radius 3 is 0.474 bits per heavy atom. The van der Waals surface area contributed by atoms with Gasteiger partial charge >= 0.3 is 0 Å². The van der Waals surface area contributed by atoms with Gasteiger partial charge in [0.2, 0.25) is 0 Å². The zero-order valence-corrected chi connectivity index (χ0v) is 59.2. The van der Waals surface area contributed by atoms with E-state index in [1.807, 2.05) is 0 Å². The molecule has 0 aliphatic heterocycles. The van der Waals surface area contributed by atoms with Crippen molar-refractivity contribution in [1.29, 1.82) is 0 Å². The molecule has 2 rings (SSSR count). The number of carbonyl (C=O) groups is 1. The van der Waals surface area contributed by atoms with Crippen LogP contribution in [0.5, 0.6) is 0 Å². The van der Waals surface area contributed by atoms with Gasteiger partial charge in [-0.2, -0.15) is 0 Å². The summed E-state index contributed by atoms with van der Waals surface area (Å²) in [5.74, 6) is 1.51. The molecule has 30 heteroatoms. The van der Waals surface area contributed by atoms with E-state index in [2.05, 4.69) is 5.32 Å². The fraction of sp³-hybridized carbons (Fsp3) is 0.985. The molecule has 0 heterocycles. The molecule has 0 amide bonds. The second-order valence-electron chi connectivity index (χ2n) is 21.6. The molecule has 578 valence electrons. The van der Waals surface area contributed by atoms with E-state index in [-0.39, 0.29) is 5.92 Å². The fourth-order valence-electron chi connectivity index (χ4n) is 7.92. The van der Waals surface area contributed by atoms with E-state index in [1.165, 1.54) is 19.3 Å². The minimum atomic E-state index is 0.281. The molecule has 0 bridgehead atoms. The molecule has 1 N–H and O–H groups in total. The summed E-state index contributed by atoms with van der Waals surface area (Å²) in [5.41, 5.74) is 0. The fourth-order valence-corrected chi connectivity index (χ4v) is 7.92. The number of Topliss-reactive ketones (excluding diaryl/α,β-unsaturated/α-hetero) is 1. The second kappa shape index (κ2) is 81.8. The minimum absolute atomic E-state index is 0.281. The smallest absolute Gasteiger partial charge is 0.138 e. The summed E-state index contributed by atoms with van der Waals surface area (Å²) in [6, 6.07) is 0. The van der Waals surface area contributed by atoms with Gasteiger partial charge in [0.15, 0.2) is 0 Å². The third-order valence-electron chi connectivity index (χ3n) is 13.7. The highest BCUT2D eigenvalue weighted by molar-refractivity contribution is 5.81. The summed E-state index contributed by atoms with van der Waals surface area (Å²) in [6.07, 6.45) is 6.51. The molecule has 97 heavy (non-hydrogen) atoms. The zero-order valence-electron chi connectivity index (χ0n) is 59.2. The van der Waals surface area contributed by atoms with Gasteiger partial charge in [-0.15, -0.1) is 0 Å². The maximum atomic E-state index is 11.8. The number of ether oxygens (including phenoxy) is 28. The van der Waals surface area contributed by atoms with E-state index in [4.69, 9.17) is 133 Å². The largest absolute Gasteiger partial charge is 0.379 e. The standard InChI is InChI=1S/C67H131NO29/c69-67(66-2-1-3-66)6-8-70-10-12-72-14-16-74-18-20-76-22-24-78-26-28-80-30-32-82-34-36-84-38-40-86-42-44-88-46-48-90-50-52-92-54-56-94-58-60-96-62-63-97-61-59-95-57-55-93-53-51-91-49-47-89-45-43-87-41-39-85-37-35-83-33-31-81-29-27-79-25-23-77-21-19-75-17-15-73-13-11-71-9-7-68-64-65-4-5-65/h65-66,68H,1-64H2. The van der Waals surface area contributed by atoms with E-state index >= 15 is 0 Å². The predicted octanol–water partition coefficient (Wildman–Crippen LogP) is 2.21. The van der Waals surface area contributed by atoms with Crippen molar-refractivity contribution in [2.24, 2.45) is 11.8 Å². The van der Waals surface area contributed by atoms with Gasteiger partial charge in [-0.05, 0) is 38.1 Å². The lowest BCUT2D eigenvalue weighted by Crippen LogP contribution is -2.23. The lowest BCUT2D eigenvalue weighted by molar-refractivity contribution is -0.126. The molecule has 2 aliphatic carbocycles. The Labute approximate surface area is 580 Å². The number of hydrogen-bond donors (Lipinski definition) is 1. The maximum absolute atomic E-state index is 11.8. The van der Waals surface area contributed by atoms with E-state index in [1.54, 1.807) is 0 Å². The average Bonchev–Trinajstić information content (AvgIpc) is 2.31. The molecule has 2 saturated carbocycles. The molecule has 30 nitrogen and oxygen atoms in total. The number of nitrogens with one attached hydrogen (secondary N) is 1. The SMILES string of the molecule is O=C(CCOCCOCCOCCOCCOCCOCCOCCOCCOCCOCCOCCOCCOCCOCCOCCOCCOCCOCCOCCOCCOCCOCCOCCOCCOCCOCCOCCOCCNCC1CC1)C1CCC1. The Balaban J connectivity index is 1.07. The van der Waals surface area contributed by atoms with E-state index < -0.39 is 0 Å². The molecule has 0 unspecified atom stereocenters. The van der Waals surface area contributed by atoms with Crippen molar-refractivity contribution in [2.45, 2.75) is 38.5 Å². The number of rotatable bonds is 90. The molecule has 0 aromatic carbocycles. The first kappa shape index (κ1) is 91.6. The van der Waals surface area contributed by atoms with Crippen LogP contribution in [0.25, 0.3) is 0 Å². The number of carbonyl (C=O) groups excluding carboxylic acids is 1. The highest BCUT2D eigenvalue weighted by atomic mass is 16.6. The van der Waals surface area contributed by atoms with E-state index in [0.717, 1.165) is 38.5 Å². The van der Waals surface area contributed by atoms with Crippen molar-refractivity contribution in [3.8, 4) is 0 Å². The third kappa shape index (κ3) is 77.0. The van der Waals surface area contributed by atoms with Gasteiger partial charge in [-0.3, -0.25) is 4.79 Å². The predicted molar refractivity (Wildman–Crippen MR) is 355 cm³/mol. The van der Waals surface area contributed by atoms with Crippen LogP contribution < -0.4 is 5.32 Å². The van der Waals surface area contributed by atoms with Crippen LogP contribution in [0, 0.1) is 11.8 Å². The lowest BCUT2D eigenvalue weighted by atomic mass is 9.81. The van der Waals surface area contributed by atoms with Crippen LogP contribution in [-0.2, 0) is 137 Å². The molecular formula is C67H131NO29. The van der Waals surface area contributed by atoms with Crippen LogP contribution >= 0.6 is 0 Å². The van der Waals surface area contributed by atoms with Crippen LogP contribution in [0.3, 0.4) is 0 Å². The van der Waals surface area contributed by atoms with Crippen LogP contribution in [-0.4, -0.2) is 389 Å². The molecule has 0 radical (unpaired) electrons. The molecule has 2 fully saturated rings. The first-order valence-corrected chi connectivity index (χ1v) is 35.8. The summed E-state index contributed by atoms with van der Waals surface area (Å²) in [5, 5.41) is 3.40. The molecule has 0 spiro atoms. The van der Waals surface area contributed by atoms with Gasteiger partial charge < -0.3 is 138 Å². The summed E-state index contributed by atoms with van der Waals surface area (Å²) in [6.45, 7) is 29.9. The summed E-state index contributed by atoms with van der Waals surface area (Å²) < 4.78 is 155. The second-order valence-corrected chi connectivity index (χ2v) is 21.6. The molecule has 0 aromatic heterocycles. The van der Waals surface area contributed by atoms with Crippen LogP contribution in [0.1, 0.15) is 38.5 Å². The van der Waals surface area contributed by atoms with Gasteiger partial charge in [0.05, 0.1) is 370 Å². The van der Waals surface area contributed by atoms with Crippen molar-refractivity contribution in [1.82, 2.24) is 5.32 Å². The van der Waals surface area contributed by atoms with E-state index in [9.17, 15) is 4.79 Å². The Morgan fingerprint density at radius 2 is 0.340 bits per heavy atom. The normalized spacial score (nSPS) is 13.4. The lowest BCUT2D eigenvalue weighted by Gasteiger charge is -2.23. The Hall–Kier alpha value is -1.49. The summed E-state index contributed by atoms with van der Waals surface area (Å²) in [4.78, 5) is 11.8. The van der Waals surface area contributed by atoms with Crippen LogP contribution in [0.2, 0.25) is 0 Å². The Bertz CT molecular complexity index is 1490. The highest BCUT2D eigenvalue weighted by Gasteiger charge is 2.24. The number of hydrogen-bond acceptors (Lipinski definition) is 30. The zero-order chi connectivity index (χ0) is 68.5. The van der Waals surface area contributed by atoms with Crippen LogP contribution in [0.4, 0.5) is 0 Å². The minimum Gasteiger partial charge on any atom is -0.379 e. The van der Waals surface area contributed by atoms with Crippen molar-refractivity contribution in [3.63, 3.8) is 0 Å². The van der Waals surface area contributed by atoms with Crippen molar-refractivity contribution in [2.75, 3.05) is 383 Å². The quantitative estimate of drug-likeness (QED) is 0.0854. The van der Waals surface area contributed by atoms with Gasteiger partial charge in [0.1, 0.15) is 5.78 Å².